The van der Waals surface area contributed by atoms with Crippen LogP contribution in [0.25, 0.3) is 16.7 Å². The van der Waals surface area contributed by atoms with E-state index in [4.69, 9.17) is 14.0 Å². The Kier molecular flexibility index (Phi) is 6.07. The van der Waals surface area contributed by atoms with Crippen molar-refractivity contribution >= 4 is 16.9 Å². The maximum Gasteiger partial charge on any atom is 0.431 e. The van der Waals surface area contributed by atoms with Gasteiger partial charge in [0.05, 0.1) is 18.2 Å². The molecule has 2 aromatic heterocycles. The van der Waals surface area contributed by atoms with E-state index in [9.17, 15) is 27.6 Å². The minimum absolute atomic E-state index is 0.0277. The van der Waals surface area contributed by atoms with Gasteiger partial charge >= 0.3 is 17.8 Å². The lowest BCUT2D eigenvalue weighted by molar-refractivity contribution is -0.144. The minimum atomic E-state index is -4.88. The Morgan fingerprint density at radius 3 is 2.49 bits per heavy atom. The van der Waals surface area contributed by atoms with Crippen LogP contribution in [0.15, 0.2) is 62.6 Å². The minimum Gasteiger partial charge on any atom is -0.478 e. The second-order valence-electron chi connectivity index (χ2n) is 7.12. The average Bonchev–Trinajstić information content (AvgIpc) is 3.22. The molecule has 0 radical (unpaired) electrons. The monoisotopic (exact) mass is 491 g/mol. The molecule has 0 aliphatic rings. The Hall–Kier alpha value is -4.55. The number of carbonyl (C=O) groups excluding carboxylic acids is 1. The lowest BCUT2D eigenvalue weighted by Gasteiger charge is -2.14. The van der Waals surface area contributed by atoms with Crippen LogP contribution in [0, 0.1) is 0 Å². The van der Waals surface area contributed by atoms with Crippen LogP contribution in [0.4, 0.5) is 13.2 Å². The van der Waals surface area contributed by atoms with Gasteiger partial charge < -0.3 is 18.7 Å². The van der Waals surface area contributed by atoms with Crippen molar-refractivity contribution in [2.75, 3.05) is 13.7 Å². The number of benzene rings is 2. The van der Waals surface area contributed by atoms with E-state index in [0.29, 0.717) is 15.2 Å². The second-order valence-corrected chi connectivity index (χ2v) is 7.12. The van der Waals surface area contributed by atoms with E-state index < -0.39 is 29.1 Å². The molecule has 0 amide bonds. The van der Waals surface area contributed by atoms with Crippen LogP contribution in [-0.2, 0) is 22.8 Å². The summed E-state index contributed by atoms with van der Waals surface area (Å²) in [6.07, 6.45) is -4.88. The molecule has 35 heavy (non-hydrogen) atoms. The van der Waals surface area contributed by atoms with E-state index in [0.717, 1.165) is 7.05 Å². The Bertz CT molecular complexity index is 1540. The zero-order valence-electron chi connectivity index (χ0n) is 18.2. The predicted molar refractivity (Wildman–Crippen MR) is 114 cm³/mol. The van der Waals surface area contributed by atoms with Crippen molar-refractivity contribution in [2.45, 2.75) is 6.18 Å². The molecular weight excluding hydrogens is 475 g/mol. The quantitative estimate of drug-likeness (QED) is 0.378. The number of esters is 1. The van der Waals surface area contributed by atoms with Crippen molar-refractivity contribution < 1.29 is 36.7 Å². The zero-order valence-corrected chi connectivity index (χ0v) is 18.2. The molecule has 10 nitrogen and oxygen atoms in total. The Morgan fingerprint density at radius 2 is 1.80 bits per heavy atom. The third kappa shape index (κ3) is 4.60. The summed E-state index contributed by atoms with van der Waals surface area (Å²) in [6.45, 7) is -0.374. The van der Waals surface area contributed by atoms with Gasteiger partial charge in [-0.1, -0.05) is 12.1 Å². The van der Waals surface area contributed by atoms with Crippen LogP contribution in [0.3, 0.4) is 0 Å². The van der Waals surface area contributed by atoms with Crippen molar-refractivity contribution in [3.05, 3.63) is 75.1 Å². The largest absolute Gasteiger partial charge is 0.478 e. The van der Waals surface area contributed by atoms with Crippen LogP contribution in [0.1, 0.15) is 5.69 Å². The topological polar surface area (TPSA) is 115 Å². The van der Waals surface area contributed by atoms with Gasteiger partial charge in [-0.2, -0.15) is 13.2 Å². The molecule has 2 aromatic carbocycles. The molecule has 182 valence electrons. The predicted octanol–water partition coefficient (Wildman–Crippen LogP) is 3.04. The van der Waals surface area contributed by atoms with E-state index in [-0.39, 0.29) is 40.6 Å². The van der Waals surface area contributed by atoms with Crippen LogP contribution < -0.4 is 20.7 Å². The van der Waals surface area contributed by atoms with Gasteiger partial charge in [0.1, 0.15) is 5.69 Å². The summed E-state index contributed by atoms with van der Waals surface area (Å²) < 4.78 is 61.2. The van der Waals surface area contributed by atoms with Crippen LogP contribution >= 0.6 is 0 Å². The molecule has 0 N–H and O–H groups in total. The highest BCUT2D eigenvalue weighted by molar-refractivity contribution is 5.84. The van der Waals surface area contributed by atoms with Crippen LogP contribution in [-0.4, -0.2) is 34.0 Å². The molecule has 0 fully saturated rings. The van der Waals surface area contributed by atoms with Crippen LogP contribution in [0.5, 0.6) is 17.4 Å². The average molecular weight is 491 g/mol. The van der Waals surface area contributed by atoms with E-state index in [1.54, 1.807) is 12.1 Å². The fourth-order valence-electron chi connectivity index (χ4n) is 3.21. The lowest BCUT2D eigenvalue weighted by atomic mass is 10.2. The molecule has 4 rings (SSSR count). The first-order valence-corrected chi connectivity index (χ1v) is 9.86. The van der Waals surface area contributed by atoms with Gasteiger partial charge in [0.15, 0.2) is 23.7 Å². The highest BCUT2D eigenvalue weighted by atomic mass is 19.4. The number of para-hydroxylation sites is 2. The van der Waals surface area contributed by atoms with Crippen molar-refractivity contribution in [2.24, 2.45) is 7.05 Å². The van der Waals surface area contributed by atoms with Gasteiger partial charge in [0, 0.05) is 13.1 Å². The van der Waals surface area contributed by atoms with Crippen LogP contribution in [0.2, 0.25) is 0 Å². The smallest absolute Gasteiger partial charge is 0.431 e. The highest BCUT2D eigenvalue weighted by Gasteiger charge is 2.35. The standard InChI is InChI=1S/C22H16F3N3O7/c1-27-17(22(23,24)25)10-18(29)28(21(27)31)12-7-8-14-13(9-12)20(26-35-14)34-16-6-4-3-5-15(16)33-11-19(30)32-2/h3-10H,11H2,1-2H3. The van der Waals surface area contributed by atoms with E-state index in [1.165, 1.54) is 37.4 Å². The lowest BCUT2D eigenvalue weighted by Crippen LogP contribution is -2.40. The van der Waals surface area contributed by atoms with Crippen molar-refractivity contribution in [1.82, 2.24) is 14.3 Å². The van der Waals surface area contributed by atoms with Gasteiger partial charge in [0.25, 0.3) is 11.4 Å². The first-order valence-electron chi connectivity index (χ1n) is 9.86. The second kappa shape index (κ2) is 9.00. The molecule has 13 heteroatoms. The molecule has 4 aromatic rings. The molecule has 0 unspecified atom stereocenters. The summed E-state index contributed by atoms with van der Waals surface area (Å²) in [7, 11) is 2.13. The molecule has 0 spiro atoms. The number of ether oxygens (including phenoxy) is 3. The molecule has 0 bridgehead atoms. The SMILES string of the molecule is COC(=O)COc1ccccc1Oc1noc2ccc(-n3c(=O)cc(C(F)(F)F)n(C)c3=O)cc12. The molecule has 0 atom stereocenters. The number of methoxy groups -OCH3 is 1. The normalized spacial score (nSPS) is 11.5. The number of nitrogens with zero attached hydrogens (tertiary/aromatic N) is 3. The zero-order chi connectivity index (χ0) is 25.3. The summed E-state index contributed by atoms with van der Waals surface area (Å²) in [5.41, 5.74) is -3.54. The number of rotatable bonds is 6. The Labute approximate surface area is 193 Å². The summed E-state index contributed by atoms with van der Waals surface area (Å²) in [6, 6.07) is 10.7. The van der Waals surface area contributed by atoms with Gasteiger partial charge in [-0.15, -0.1) is 0 Å². The summed E-state index contributed by atoms with van der Waals surface area (Å²) >= 11 is 0. The highest BCUT2D eigenvalue weighted by Crippen LogP contribution is 2.35. The van der Waals surface area contributed by atoms with Crippen molar-refractivity contribution in [1.29, 1.82) is 0 Å². The first-order chi connectivity index (χ1) is 16.6. The van der Waals surface area contributed by atoms with Gasteiger partial charge in [-0.25, -0.2) is 14.2 Å². The number of hydrogen-bond donors (Lipinski definition) is 0. The Balaban J connectivity index is 1.75. The number of alkyl halides is 3. The maximum atomic E-state index is 13.1. The molecule has 0 saturated heterocycles. The fourth-order valence-corrected chi connectivity index (χ4v) is 3.21. The molecule has 0 saturated carbocycles. The number of hydrogen-bond acceptors (Lipinski definition) is 8. The maximum absolute atomic E-state index is 13.1. The summed E-state index contributed by atoms with van der Waals surface area (Å²) in [5.74, 6) is -0.328. The number of fused-ring (bicyclic) bond motifs is 1. The molecule has 0 aliphatic heterocycles. The summed E-state index contributed by atoms with van der Waals surface area (Å²) in [5, 5.41) is 4.04. The fraction of sp³-hybridized carbons (Fsp3) is 0.182. The van der Waals surface area contributed by atoms with Gasteiger partial charge in [0.2, 0.25) is 0 Å². The van der Waals surface area contributed by atoms with E-state index in [1.807, 2.05) is 0 Å². The first kappa shape index (κ1) is 23.6. The van der Waals surface area contributed by atoms with E-state index >= 15 is 0 Å². The molecule has 0 aliphatic carbocycles. The number of halogens is 3. The van der Waals surface area contributed by atoms with E-state index in [2.05, 4.69) is 9.89 Å². The molecule has 2 heterocycles. The Morgan fingerprint density at radius 1 is 1.09 bits per heavy atom. The van der Waals surface area contributed by atoms with Gasteiger partial charge in [-0.05, 0) is 35.5 Å². The molecular formula is C22H16F3N3O7. The number of carbonyl (C=O) groups is 1. The van der Waals surface area contributed by atoms with Crippen molar-refractivity contribution in [3.63, 3.8) is 0 Å². The van der Waals surface area contributed by atoms with Gasteiger partial charge in [-0.3, -0.25) is 9.36 Å². The number of aromatic nitrogens is 3. The third-order valence-corrected chi connectivity index (χ3v) is 4.92. The van der Waals surface area contributed by atoms with Crippen molar-refractivity contribution in [3.8, 4) is 23.1 Å². The summed E-state index contributed by atoms with van der Waals surface area (Å²) in [4.78, 5) is 36.4. The third-order valence-electron chi connectivity index (χ3n) is 4.92.